The quantitative estimate of drug-likeness (QED) is 0.861. The van der Waals surface area contributed by atoms with Gasteiger partial charge in [0.2, 0.25) is 5.91 Å². The Bertz CT molecular complexity index is 712. The fourth-order valence-corrected chi connectivity index (χ4v) is 3.10. The summed E-state index contributed by atoms with van der Waals surface area (Å²) in [6.45, 7) is 1.17. The number of hydrogen-bond acceptors (Lipinski definition) is 3. The smallest absolute Gasteiger partial charge is 0.318 e. The summed E-state index contributed by atoms with van der Waals surface area (Å²) in [6.07, 6.45) is 5.97. The Morgan fingerprint density at radius 3 is 2.76 bits per heavy atom. The van der Waals surface area contributed by atoms with Crippen molar-refractivity contribution in [2.45, 2.75) is 25.3 Å². The fourth-order valence-electron chi connectivity index (χ4n) is 3.10. The van der Waals surface area contributed by atoms with Gasteiger partial charge >= 0.3 is 6.03 Å². The second kappa shape index (κ2) is 7.83. The predicted molar refractivity (Wildman–Crippen MR) is 94.5 cm³/mol. The SMILES string of the molecule is CNC(=O)[C@@H]1CCCN1C(=O)NCCc1ccc(-n2cccn2)cc1. The van der Waals surface area contributed by atoms with Gasteiger partial charge in [0.1, 0.15) is 6.04 Å². The van der Waals surface area contributed by atoms with Crippen molar-refractivity contribution in [3.8, 4) is 5.69 Å². The van der Waals surface area contributed by atoms with Gasteiger partial charge in [-0.25, -0.2) is 9.48 Å². The van der Waals surface area contributed by atoms with E-state index < -0.39 is 0 Å². The van der Waals surface area contributed by atoms with E-state index in [1.807, 2.05) is 36.5 Å². The van der Waals surface area contributed by atoms with Crippen LogP contribution in [-0.2, 0) is 11.2 Å². The largest absolute Gasteiger partial charge is 0.357 e. The molecule has 3 rings (SSSR count). The lowest BCUT2D eigenvalue weighted by Gasteiger charge is -2.23. The van der Waals surface area contributed by atoms with Gasteiger partial charge in [0, 0.05) is 32.5 Å². The molecule has 1 saturated heterocycles. The first-order chi connectivity index (χ1) is 12.2. The summed E-state index contributed by atoms with van der Waals surface area (Å²) in [7, 11) is 1.60. The minimum atomic E-state index is -0.349. The van der Waals surface area contributed by atoms with Crippen LogP contribution in [0.2, 0.25) is 0 Å². The van der Waals surface area contributed by atoms with Crippen molar-refractivity contribution >= 4 is 11.9 Å². The maximum atomic E-state index is 12.3. The summed E-state index contributed by atoms with van der Waals surface area (Å²) in [4.78, 5) is 25.7. The Balaban J connectivity index is 1.49. The highest BCUT2D eigenvalue weighted by atomic mass is 16.2. The third-order valence-corrected chi connectivity index (χ3v) is 4.46. The molecule has 0 radical (unpaired) electrons. The number of nitrogens with one attached hydrogen (secondary N) is 2. The third-order valence-electron chi connectivity index (χ3n) is 4.46. The van der Waals surface area contributed by atoms with Gasteiger partial charge in [-0.3, -0.25) is 4.79 Å². The minimum Gasteiger partial charge on any atom is -0.357 e. The Morgan fingerprint density at radius 2 is 2.08 bits per heavy atom. The monoisotopic (exact) mass is 341 g/mol. The van der Waals surface area contributed by atoms with E-state index in [0.29, 0.717) is 13.1 Å². The molecule has 7 nitrogen and oxygen atoms in total. The molecular weight excluding hydrogens is 318 g/mol. The van der Waals surface area contributed by atoms with Crippen LogP contribution in [0.1, 0.15) is 18.4 Å². The van der Waals surface area contributed by atoms with Gasteiger partial charge in [0.25, 0.3) is 0 Å². The average Bonchev–Trinajstić information content (AvgIpc) is 3.33. The molecule has 0 spiro atoms. The molecule has 132 valence electrons. The Hall–Kier alpha value is -2.83. The Morgan fingerprint density at radius 1 is 1.28 bits per heavy atom. The molecule has 0 saturated carbocycles. The highest BCUT2D eigenvalue weighted by Crippen LogP contribution is 2.17. The summed E-state index contributed by atoms with van der Waals surface area (Å²) in [5.41, 5.74) is 2.14. The first-order valence-electron chi connectivity index (χ1n) is 8.54. The molecule has 1 atom stereocenters. The molecule has 25 heavy (non-hydrogen) atoms. The average molecular weight is 341 g/mol. The highest BCUT2D eigenvalue weighted by Gasteiger charge is 2.33. The normalized spacial score (nSPS) is 16.7. The topological polar surface area (TPSA) is 79.3 Å². The zero-order valence-electron chi connectivity index (χ0n) is 14.3. The van der Waals surface area contributed by atoms with Gasteiger partial charge in [-0.05, 0) is 43.0 Å². The zero-order valence-corrected chi connectivity index (χ0v) is 14.3. The van der Waals surface area contributed by atoms with Crippen LogP contribution in [0.25, 0.3) is 5.69 Å². The van der Waals surface area contributed by atoms with Crippen molar-refractivity contribution in [3.05, 3.63) is 48.3 Å². The van der Waals surface area contributed by atoms with E-state index in [9.17, 15) is 9.59 Å². The summed E-state index contributed by atoms with van der Waals surface area (Å²) in [6, 6.07) is 9.45. The van der Waals surface area contributed by atoms with E-state index >= 15 is 0 Å². The van der Waals surface area contributed by atoms with Crippen LogP contribution in [-0.4, -0.2) is 52.8 Å². The molecule has 1 aromatic carbocycles. The van der Waals surface area contributed by atoms with Gasteiger partial charge < -0.3 is 15.5 Å². The van der Waals surface area contributed by atoms with Gasteiger partial charge in [-0.2, -0.15) is 5.10 Å². The fraction of sp³-hybridized carbons (Fsp3) is 0.389. The first kappa shape index (κ1) is 17.0. The lowest BCUT2D eigenvalue weighted by molar-refractivity contribution is -0.124. The molecule has 2 heterocycles. The molecule has 0 unspecified atom stereocenters. The van der Waals surface area contributed by atoms with Crippen LogP contribution in [0.4, 0.5) is 4.79 Å². The maximum Gasteiger partial charge on any atom is 0.318 e. The van der Waals surface area contributed by atoms with Crippen molar-refractivity contribution in [2.24, 2.45) is 0 Å². The van der Waals surface area contributed by atoms with Crippen molar-refractivity contribution in [1.82, 2.24) is 25.3 Å². The number of carbonyl (C=O) groups excluding carboxylic acids is 2. The number of aromatic nitrogens is 2. The van der Waals surface area contributed by atoms with Crippen LogP contribution in [0, 0.1) is 0 Å². The zero-order chi connectivity index (χ0) is 17.6. The Labute approximate surface area is 147 Å². The van der Waals surface area contributed by atoms with Gasteiger partial charge in [-0.15, -0.1) is 0 Å². The van der Waals surface area contributed by atoms with Crippen LogP contribution in [0.15, 0.2) is 42.7 Å². The number of likely N-dealkylation sites (N-methyl/N-ethyl adjacent to an activating group) is 1. The molecule has 7 heteroatoms. The van der Waals surface area contributed by atoms with E-state index in [-0.39, 0.29) is 18.0 Å². The number of rotatable bonds is 5. The molecule has 1 fully saturated rings. The molecule has 1 aromatic heterocycles. The summed E-state index contributed by atoms with van der Waals surface area (Å²) in [5.74, 6) is -0.0955. The number of amides is 3. The van der Waals surface area contributed by atoms with Crippen LogP contribution < -0.4 is 10.6 Å². The van der Waals surface area contributed by atoms with Crippen molar-refractivity contribution in [1.29, 1.82) is 0 Å². The van der Waals surface area contributed by atoms with E-state index in [0.717, 1.165) is 30.5 Å². The molecule has 2 N–H and O–H groups in total. The highest BCUT2D eigenvalue weighted by molar-refractivity contribution is 5.87. The summed E-state index contributed by atoms with van der Waals surface area (Å²) >= 11 is 0. The first-order valence-corrected chi connectivity index (χ1v) is 8.54. The van der Waals surface area contributed by atoms with E-state index in [1.165, 1.54) is 0 Å². The summed E-state index contributed by atoms with van der Waals surface area (Å²) < 4.78 is 1.80. The molecule has 0 aliphatic carbocycles. The van der Waals surface area contributed by atoms with Crippen LogP contribution in [0.3, 0.4) is 0 Å². The van der Waals surface area contributed by atoms with Gasteiger partial charge in [0.05, 0.1) is 5.69 Å². The number of nitrogens with zero attached hydrogens (tertiary/aromatic N) is 3. The molecule has 1 aliphatic heterocycles. The summed E-state index contributed by atoms with van der Waals surface area (Å²) in [5, 5.41) is 9.73. The molecule has 1 aliphatic rings. The number of hydrogen-bond donors (Lipinski definition) is 2. The maximum absolute atomic E-state index is 12.3. The molecule has 0 bridgehead atoms. The minimum absolute atomic E-state index is 0.0955. The number of likely N-dealkylation sites (tertiary alicyclic amines) is 1. The van der Waals surface area contributed by atoms with E-state index in [4.69, 9.17) is 0 Å². The van der Waals surface area contributed by atoms with Gasteiger partial charge in [-0.1, -0.05) is 12.1 Å². The molecule has 3 amide bonds. The van der Waals surface area contributed by atoms with Crippen molar-refractivity contribution in [2.75, 3.05) is 20.1 Å². The third kappa shape index (κ3) is 3.99. The lowest BCUT2D eigenvalue weighted by atomic mass is 10.1. The molecule has 2 aromatic rings. The number of benzene rings is 1. The predicted octanol–water partition coefficient (Wildman–Crippen LogP) is 1.33. The van der Waals surface area contributed by atoms with E-state index in [2.05, 4.69) is 15.7 Å². The van der Waals surface area contributed by atoms with Crippen LogP contribution in [0.5, 0.6) is 0 Å². The Kier molecular flexibility index (Phi) is 5.33. The number of urea groups is 1. The molecular formula is C18H23N5O2. The van der Waals surface area contributed by atoms with Crippen molar-refractivity contribution in [3.63, 3.8) is 0 Å². The standard InChI is InChI=1S/C18H23N5O2/c1-19-17(24)16-4-2-12-22(16)18(25)20-11-9-14-5-7-15(8-6-14)23-13-3-10-21-23/h3,5-8,10,13,16H,2,4,9,11-12H2,1H3,(H,19,24)(H,20,25)/t16-/m0/s1. The lowest BCUT2D eigenvalue weighted by Crippen LogP contribution is -2.49. The number of carbonyl (C=O) groups is 2. The second-order valence-electron chi connectivity index (χ2n) is 6.06. The second-order valence-corrected chi connectivity index (χ2v) is 6.06. The van der Waals surface area contributed by atoms with Gasteiger partial charge in [0.15, 0.2) is 0 Å². The van der Waals surface area contributed by atoms with Crippen LogP contribution >= 0.6 is 0 Å². The van der Waals surface area contributed by atoms with E-state index in [1.54, 1.807) is 22.8 Å². The van der Waals surface area contributed by atoms with Crippen molar-refractivity contribution < 1.29 is 9.59 Å².